The molecule has 86 valence electrons. The van der Waals surface area contributed by atoms with Gasteiger partial charge in [-0.05, 0) is 25.1 Å². The van der Waals surface area contributed by atoms with Crippen LogP contribution < -0.4 is 4.90 Å². The zero-order chi connectivity index (χ0) is 12.6. The van der Waals surface area contributed by atoms with E-state index in [0.717, 1.165) is 4.90 Å². The molecule has 0 saturated heterocycles. The number of nitrogens with zero attached hydrogens (tertiary/aromatic N) is 1. The molecule has 0 bridgehead atoms. The summed E-state index contributed by atoms with van der Waals surface area (Å²) < 4.78 is 0. The predicted octanol–water partition coefficient (Wildman–Crippen LogP) is 1.97. The summed E-state index contributed by atoms with van der Waals surface area (Å²) in [4.78, 5) is 35.2. The number of carbonyl (C=O) groups excluding carboxylic acids is 3. The SMILES string of the molecule is CC(=O)c1ccc(Cl)c(N2C(=O)C=CC2=O)c1. The maximum absolute atomic E-state index is 11.5. The van der Waals surface area contributed by atoms with E-state index in [2.05, 4.69) is 0 Å². The second-order valence-corrected chi connectivity index (χ2v) is 3.97. The van der Waals surface area contributed by atoms with Gasteiger partial charge in [-0.2, -0.15) is 0 Å². The number of carbonyl (C=O) groups is 3. The molecule has 5 heteroatoms. The summed E-state index contributed by atoms with van der Waals surface area (Å²) in [6, 6.07) is 4.48. The van der Waals surface area contributed by atoms with Gasteiger partial charge in [0, 0.05) is 17.7 Å². The number of ketones is 1. The molecular formula is C12H8ClNO3. The Hall–Kier alpha value is -1.94. The Balaban J connectivity index is 2.51. The molecule has 2 amide bonds. The van der Waals surface area contributed by atoms with E-state index in [9.17, 15) is 14.4 Å². The van der Waals surface area contributed by atoms with E-state index in [1.54, 1.807) is 6.07 Å². The number of Topliss-reactive ketones (excluding diaryl/α,β-unsaturated/α-hetero) is 1. The van der Waals surface area contributed by atoms with Crippen molar-refractivity contribution in [3.8, 4) is 0 Å². The van der Waals surface area contributed by atoms with Crippen LogP contribution in [0.2, 0.25) is 5.02 Å². The zero-order valence-electron chi connectivity index (χ0n) is 8.94. The average Bonchev–Trinajstić information content (AvgIpc) is 2.59. The quantitative estimate of drug-likeness (QED) is 0.595. The summed E-state index contributed by atoms with van der Waals surface area (Å²) in [6.45, 7) is 1.40. The van der Waals surface area contributed by atoms with Crippen LogP contribution >= 0.6 is 11.6 Å². The molecule has 2 rings (SSSR count). The summed E-state index contributed by atoms with van der Waals surface area (Å²) in [6.07, 6.45) is 2.33. The number of amides is 2. The number of hydrogen-bond donors (Lipinski definition) is 0. The average molecular weight is 250 g/mol. The Labute approximate surface area is 102 Å². The molecule has 1 aromatic rings. The normalized spacial score (nSPS) is 14.6. The van der Waals surface area contributed by atoms with Gasteiger partial charge in [0.2, 0.25) is 0 Å². The van der Waals surface area contributed by atoms with Gasteiger partial charge in [-0.1, -0.05) is 11.6 Å². The summed E-state index contributed by atoms with van der Waals surface area (Å²) >= 11 is 5.93. The van der Waals surface area contributed by atoms with Crippen LogP contribution in [0, 0.1) is 0 Å². The fraction of sp³-hybridized carbons (Fsp3) is 0.0833. The Morgan fingerprint density at radius 3 is 2.29 bits per heavy atom. The first-order valence-electron chi connectivity index (χ1n) is 4.87. The van der Waals surface area contributed by atoms with E-state index in [4.69, 9.17) is 11.6 Å². The molecule has 0 N–H and O–H groups in total. The van der Waals surface area contributed by atoms with Crippen LogP contribution in [0.3, 0.4) is 0 Å². The largest absolute Gasteiger partial charge is 0.295 e. The van der Waals surface area contributed by atoms with Crippen LogP contribution in [0.25, 0.3) is 0 Å². The van der Waals surface area contributed by atoms with Gasteiger partial charge < -0.3 is 0 Å². The molecule has 0 unspecified atom stereocenters. The minimum Gasteiger partial charge on any atom is -0.295 e. The maximum Gasteiger partial charge on any atom is 0.258 e. The lowest BCUT2D eigenvalue weighted by molar-refractivity contribution is -0.119. The Morgan fingerprint density at radius 1 is 1.18 bits per heavy atom. The first kappa shape index (κ1) is 11.5. The molecule has 17 heavy (non-hydrogen) atoms. The molecule has 0 saturated carbocycles. The third kappa shape index (κ3) is 1.99. The molecule has 0 aliphatic carbocycles. The van der Waals surface area contributed by atoms with Gasteiger partial charge in [0.1, 0.15) is 0 Å². The van der Waals surface area contributed by atoms with Crippen LogP contribution in [0.1, 0.15) is 17.3 Å². The van der Waals surface area contributed by atoms with E-state index in [1.807, 2.05) is 0 Å². The maximum atomic E-state index is 11.5. The van der Waals surface area contributed by atoms with Crippen molar-refractivity contribution in [2.24, 2.45) is 0 Å². The highest BCUT2D eigenvalue weighted by atomic mass is 35.5. The lowest BCUT2D eigenvalue weighted by Gasteiger charge is -2.16. The third-order valence-electron chi connectivity index (χ3n) is 2.40. The van der Waals surface area contributed by atoms with Crippen molar-refractivity contribution in [1.29, 1.82) is 0 Å². The minimum atomic E-state index is -0.461. The molecule has 0 fully saturated rings. The van der Waals surface area contributed by atoms with E-state index < -0.39 is 11.8 Å². The standard InChI is InChI=1S/C12H8ClNO3/c1-7(15)8-2-3-9(13)10(6-8)14-11(16)4-5-12(14)17/h2-6H,1H3. The van der Waals surface area contributed by atoms with Crippen molar-refractivity contribution in [3.05, 3.63) is 40.9 Å². The topological polar surface area (TPSA) is 54.5 Å². The summed E-state index contributed by atoms with van der Waals surface area (Å²) in [5.41, 5.74) is 0.635. The van der Waals surface area contributed by atoms with E-state index in [-0.39, 0.29) is 16.5 Å². The van der Waals surface area contributed by atoms with Crippen LogP contribution in [-0.4, -0.2) is 17.6 Å². The van der Waals surface area contributed by atoms with Gasteiger partial charge in [0.05, 0.1) is 10.7 Å². The van der Waals surface area contributed by atoms with Gasteiger partial charge in [-0.3, -0.25) is 14.4 Å². The van der Waals surface area contributed by atoms with E-state index >= 15 is 0 Å². The number of benzene rings is 1. The van der Waals surface area contributed by atoms with Crippen LogP contribution in [-0.2, 0) is 9.59 Å². The lowest BCUT2D eigenvalue weighted by atomic mass is 10.1. The highest BCUT2D eigenvalue weighted by molar-refractivity contribution is 6.37. The molecule has 1 aromatic carbocycles. The number of rotatable bonds is 2. The van der Waals surface area contributed by atoms with Gasteiger partial charge in [0.15, 0.2) is 5.78 Å². The molecule has 0 spiro atoms. The van der Waals surface area contributed by atoms with Crippen LogP contribution in [0.15, 0.2) is 30.4 Å². The number of anilines is 1. The van der Waals surface area contributed by atoms with Gasteiger partial charge in [-0.15, -0.1) is 0 Å². The van der Waals surface area contributed by atoms with Crippen molar-refractivity contribution in [3.63, 3.8) is 0 Å². The molecule has 4 nitrogen and oxygen atoms in total. The summed E-state index contributed by atoms with van der Waals surface area (Å²) in [7, 11) is 0. The molecule has 1 aliphatic heterocycles. The number of halogens is 1. The summed E-state index contributed by atoms with van der Waals surface area (Å²) in [5.74, 6) is -1.08. The summed E-state index contributed by atoms with van der Waals surface area (Å²) in [5, 5.41) is 0.250. The monoisotopic (exact) mass is 249 g/mol. The molecule has 0 atom stereocenters. The Bertz CT molecular complexity index is 545. The third-order valence-corrected chi connectivity index (χ3v) is 2.72. The van der Waals surface area contributed by atoms with Gasteiger partial charge in [0.25, 0.3) is 11.8 Å². The fourth-order valence-corrected chi connectivity index (χ4v) is 1.74. The van der Waals surface area contributed by atoms with Crippen molar-refractivity contribution >= 4 is 34.9 Å². The highest BCUT2D eigenvalue weighted by Gasteiger charge is 2.27. The Kier molecular flexibility index (Phi) is 2.81. The molecule has 1 aliphatic rings. The zero-order valence-corrected chi connectivity index (χ0v) is 9.69. The van der Waals surface area contributed by atoms with Crippen LogP contribution in [0.4, 0.5) is 5.69 Å². The second kappa shape index (κ2) is 4.14. The molecule has 0 aromatic heterocycles. The fourth-order valence-electron chi connectivity index (χ4n) is 1.54. The van der Waals surface area contributed by atoms with Crippen LogP contribution in [0.5, 0.6) is 0 Å². The minimum absolute atomic E-state index is 0.157. The van der Waals surface area contributed by atoms with E-state index in [0.29, 0.717) is 5.56 Å². The van der Waals surface area contributed by atoms with Gasteiger partial charge >= 0.3 is 0 Å². The molecule has 0 radical (unpaired) electrons. The Morgan fingerprint density at radius 2 is 1.76 bits per heavy atom. The number of hydrogen-bond acceptors (Lipinski definition) is 3. The van der Waals surface area contributed by atoms with Crippen molar-refractivity contribution < 1.29 is 14.4 Å². The molecular weight excluding hydrogens is 242 g/mol. The van der Waals surface area contributed by atoms with E-state index in [1.165, 1.54) is 31.2 Å². The van der Waals surface area contributed by atoms with Crippen molar-refractivity contribution in [2.45, 2.75) is 6.92 Å². The molecule has 1 heterocycles. The van der Waals surface area contributed by atoms with Crippen molar-refractivity contribution in [2.75, 3.05) is 4.90 Å². The smallest absolute Gasteiger partial charge is 0.258 e. The van der Waals surface area contributed by atoms with Gasteiger partial charge in [-0.25, -0.2) is 4.90 Å². The lowest BCUT2D eigenvalue weighted by Crippen LogP contribution is -2.30. The number of imide groups is 1. The van der Waals surface area contributed by atoms with Crippen molar-refractivity contribution in [1.82, 2.24) is 0 Å². The second-order valence-electron chi connectivity index (χ2n) is 3.57. The first-order chi connectivity index (χ1) is 8.00. The highest BCUT2D eigenvalue weighted by Crippen LogP contribution is 2.29. The first-order valence-corrected chi connectivity index (χ1v) is 5.25. The predicted molar refractivity (Wildman–Crippen MR) is 63.1 cm³/mol.